The summed E-state index contributed by atoms with van der Waals surface area (Å²) in [5.74, 6) is 0.819. The third-order valence-corrected chi connectivity index (χ3v) is 6.14. The van der Waals surface area contributed by atoms with Gasteiger partial charge in [0.15, 0.2) is 17.0 Å². The van der Waals surface area contributed by atoms with Crippen LogP contribution in [0.25, 0.3) is 16.9 Å². The lowest BCUT2D eigenvalue weighted by Gasteiger charge is -2.26. The lowest BCUT2D eigenvalue weighted by atomic mass is 10.2. The van der Waals surface area contributed by atoms with Crippen LogP contribution in [0.3, 0.4) is 0 Å². The number of benzene rings is 1. The molecule has 12 heteroatoms. The summed E-state index contributed by atoms with van der Waals surface area (Å²) < 4.78 is 45.9. The van der Waals surface area contributed by atoms with E-state index in [0.29, 0.717) is 29.2 Å². The Labute approximate surface area is 197 Å². The molecular weight excluding hydrogens is 467 g/mol. The topological polar surface area (TPSA) is 80.1 Å². The van der Waals surface area contributed by atoms with Crippen molar-refractivity contribution in [2.75, 3.05) is 50.0 Å². The summed E-state index contributed by atoms with van der Waals surface area (Å²) in [6.45, 7) is 4.69. The smallest absolute Gasteiger partial charge is 0.379 e. The van der Waals surface area contributed by atoms with Crippen molar-refractivity contribution < 1.29 is 17.9 Å². The molecule has 1 aliphatic rings. The molecule has 1 saturated heterocycles. The molecule has 0 unspecified atom stereocenters. The molecule has 1 fully saturated rings. The van der Waals surface area contributed by atoms with Crippen molar-refractivity contribution in [3.63, 3.8) is 0 Å². The van der Waals surface area contributed by atoms with E-state index in [1.165, 1.54) is 12.1 Å². The largest absolute Gasteiger partial charge is 0.416 e. The molecule has 4 aromatic rings. The van der Waals surface area contributed by atoms with Gasteiger partial charge in [-0.15, -0.1) is 0 Å². The molecule has 4 heterocycles. The van der Waals surface area contributed by atoms with Gasteiger partial charge in [0, 0.05) is 37.2 Å². The summed E-state index contributed by atoms with van der Waals surface area (Å²) in [7, 11) is 0. The van der Waals surface area contributed by atoms with Gasteiger partial charge in [0.2, 0.25) is 5.95 Å². The molecule has 178 valence electrons. The van der Waals surface area contributed by atoms with Gasteiger partial charge in [-0.3, -0.25) is 9.47 Å². The number of thiophene rings is 1. The fourth-order valence-corrected chi connectivity index (χ4v) is 4.32. The Morgan fingerprint density at radius 3 is 2.56 bits per heavy atom. The standard InChI is InChI=1S/C22H22F3N7OS/c23-22(24,25)15-1-3-16(4-2-15)28-21-29-19(26-6-7-31-8-10-33-11-9-31)18-20(30-21)32(14-27-18)17-5-12-34-13-17/h1-5,12-14H,6-11H2,(H2,26,28,29,30). The van der Waals surface area contributed by atoms with Crippen molar-refractivity contribution in [2.24, 2.45) is 0 Å². The first-order chi connectivity index (χ1) is 16.5. The minimum atomic E-state index is -4.39. The summed E-state index contributed by atoms with van der Waals surface area (Å²) in [4.78, 5) is 16.0. The maximum Gasteiger partial charge on any atom is 0.416 e. The molecule has 0 atom stereocenters. The van der Waals surface area contributed by atoms with Crippen LogP contribution in [0.15, 0.2) is 47.4 Å². The normalized spacial score (nSPS) is 15.0. The van der Waals surface area contributed by atoms with Crippen molar-refractivity contribution in [1.82, 2.24) is 24.4 Å². The minimum Gasteiger partial charge on any atom is -0.379 e. The van der Waals surface area contributed by atoms with Crippen LogP contribution in [-0.2, 0) is 10.9 Å². The lowest BCUT2D eigenvalue weighted by molar-refractivity contribution is -0.137. The van der Waals surface area contributed by atoms with Crippen LogP contribution in [0, 0.1) is 0 Å². The quantitative estimate of drug-likeness (QED) is 0.399. The third kappa shape index (κ3) is 4.98. The van der Waals surface area contributed by atoms with E-state index in [1.807, 2.05) is 21.4 Å². The highest BCUT2D eigenvalue weighted by atomic mass is 32.1. The molecule has 2 N–H and O–H groups in total. The van der Waals surface area contributed by atoms with Gasteiger partial charge in [-0.05, 0) is 35.7 Å². The van der Waals surface area contributed by atoms with E-state index in [2.05, 4.69) is 30.5 Å². The number of nitrogens with one attached hydrogen (secondary N) is 2. The van der Waals surface area contributed by atoms with Gasteiger partial charge in [-0.1, -0.05) is 0 Å². The van der Waals surface area contributed by atoms with Crippen molar-refractivity contribution in [2.45, 2.75) is 6.18 Å². The predicted octanol–water partition coefficient (Wildman–Crippen LogP) is 4.38. The molecule has 0 amide bonds. The Morgan fingerprint density at radius 2 is 1.85 bits per heavy atom. The Kier molecular flexibility index (Phi) is 6.35. The van der Waals surface area contributed by atoms with Gasteiger partial charge in [0.05, 0.1) is 24.5 Å². The Balaban J connectivity index is 1.42. The molecule has 1 aromatic carbocycles. The van der Waals surface area contributed by atoms with Gasteiger partial charge in [-0.25, -0.2) is 4.98 Å². The van der Waals surface area contributed by atoms with Crippen LogP contribution >= 0.6 is 11.3 Å². The Hall–Kier alpha value is -3.22. The first-order valence-electron chi connectivity index (χ1n) is 10.7. The zero-order chi connectivity index (χ0) is 23.5. The monoisotopic (exact) mass is 489 g/mol. The van der Waals surface area contributed by atoms with Crippen LogP contribution < -0.4 is 10.6 Å². The maximum absolute atomic E-state index is 12.9. The molecular formula is C22H22F3N7OS. The number of rotatable bonds is 7. The van der Waals surface area contributed by atoms with Gasteiger partial charge >= 0.3 is 6.18 Å². The van der Waals surface area contributed by atoms with Gasteiger partial charge in [0.25, 0.3) is 0 Å². The van der Waals surface area contributed by atoms with Crippen LogP contribution in [0.2, 0.25) is 0 Å². The van der Waals surface area contributed by atoms with E-state index in [1.54, 1.807) is 17.7 Å². The fourth-order valence-electron chi connectivity index (χ4n) is 3.69. The number of ether oxygens (including phenoxy) is 1. The maximum atomic E-state index is 12.9. The van der Waals surface area contributed by atoms with Crippen LogP contribution in [0.4, 0.5) is 30.6 Å². The highest BCUT2D eigenvalue weighted by molar-refractivity contribution is 7.08. The first-order valence-corrected chi connectivity index (χ1v) is 11.7. The number of morpholine rings is 1. The second-order valence-electron chi connectivity index (χ2n) is 7.75. The molecule has 5 rings (SSSR count). The summed E-state index contributed by atoms with van der Waals surface area (Å²) in [5.41, 5.74) is 1.87. The number of halogens is 3. The molecule has 0 radical (unpaired) electrons. The molecule has 1 aliphatic heterocycles. The van der Waals surface area contributed by atoms with E-state index in [4.69, 9.17) is 4.74 Å². The van der Waals surface area contributed by atoms with Crippen molar-refractivity contribution in [3.05, 3.63) is 53.0 Å². The summed E-state index contributed by atoms with van der Waals surface area (Å²) in [6, 6.07) is 6.73. The number of hydrogen-bond acceptors (Lipinski definition) is 8. The summed E-state index contributed by atoms with van der Waals surface area (Å²) in [6.07, 6.45) is -2.70. The van der Waals surface area contributed by atoms with Crippen LogP contribution in [0.1, 0.15) is 5.56 Å². The van der Waals surface area contributed by atoms with Crippen LogP contribution in [0.5, 0.6) is 0 Å². The molecule has 34 heavy (non-hydrogen) atoms. The predicted molar refractivity (Wildman–Crippen MR) is 125 cm³/mol. The highest BCUT2D eigenvalue weighted by Gasteiger charge is 2.30. The van der Waals surface area contributed by atoms with E-state index < -0.39 is 11.7 Å². The summed E-state index contributed by atoms with van der Waals surface area (Å²) >= 11 is 1.56. The van der Waals surface area contributed by atoms with Crippen LogP contribution in [-0.4, -0.2) is 63.8 Å². The SMILES string of the molecule is FC(F)(F)c1ccc(Nc2nc(NCCN3CCOCC3)c3ncn(-c4ccsc4)c3n2)cc1. The van der Waals surface area contributed by atoms with Gasteiger partial charge < -0.3 is 15.4 Å². The number of nitrogens with zero attached hydrogens (tertiary/aromatic N) is 5. The zero-order valence-electron chi connectivity index (χ0n) is 18.0. The van der Waals surface area contributed by atoms with Gasteiger partial charge in [0.1, 0.15) is 6.33 Å². The highest BCUT2D eigenvalue weighted by Crippen LogP contribution is 2.31. The number of anilines is 3. The molecule has 8 nitrogen and oxygen atoms in total. The second kappa shape index (κ2) is 9.57. The van der Waals surface area contributed by atoms with Crippen molar-refractivity contribution in [1.29, 1.82) is 0 Å². The third-order valence-electron chi connectivity index (χ3n) is 5.47. The molecule has 0 aliphatic carbocycles. The molecule has 0 spiro atoms. The molecule has 0 bridgehead atoms. The van der Waals surface area contributed by atoms with Crippen molar-refractivity contribution in [3.8, 4) is 5.69 Å². The zero-order valence-corrected chi connectivity index (χ0v) is 18.9. The van der Waals surface area contributed by atoms with E-state index in [-0.39, 0.29) is 5.95 Å². The average molecular weight is 490 g/mol. The average Bonchev–Trinajstić information content (AvgIpc) is 3.49. The van der Waals surface area contributed by atoms with E-state index in [0.717, 1.165) is 50.7 Å². The first kappa shape index (κ1) is 22.6. The number of hydrogen-bond donors (Lipinski definition) is 2. The van der Waals surface area contributed by atoms with Gasteiger partial charge in [-0.2, -0.15) is 34.5 Å². The molecule has 3 aromatic heterocycles. The fraction of sp³-hybridized carbons (Fsp3) is 0.318. The molecule has 0 saturated carbocycles. The Bertz CT molecular complexity index is 1240. The Morgan fingerprint density at radius 1 is 1.06 bits per heavy atom. The number of alkyl halides is 3. The number of fused-ring (bicyclic) bond motifs is 1. The van der Waals surface area contributed by atoms with Crippen molar-refractivity contribution >= 4 is 40.0 Å². The van der Waals surface area contributed by atoms with E-state index in [9.17, 15) is 13.2 Å². The second-order valence-corrected chi connectivity index (χ2v) is 8.53. The summed E-state index contributed by atoms with van der Waals surface area (Å²) in [5, 5.41) is 10.3. The lowest BCUT2D eigenvalue weighted by Crippen LogP contribution is -2.39. The number of aromatic nitrogens is 4. The number of imidazole rings is 1. The van der Waals surface area contributed by atoms with E-state index >= 15 is 0 Å². The minimum absolute atomic E-state index is 0.262.